The van der Waals surface area contributed by atoms with E-state index in [0.717, 1.165) is 0 Å². The highest BCUT2D eigenvalue weighted by molar-refractivity contribution is 6.21. The van der Waals surface area contributed by atoms with Crippen LogP contribution in [-0.2, 0) is 0 Å². The van der Waals surface area contributed by atoms with Gasteiger partial charge in [0.25, 0.3) is 11.8 Å². The van der Waals surface area contributed by atoms with Gasteiger partial charge in [0.1, 0.15) is 6.07 Å². The van der Waals surface area contributed by atoms with Gasteiger partial charge < -0.3 is 11.1 Å². The van der Waals surface area contributed by atoms with E-state index in [1.165, 1.54) is 0 Å². The van der Waals surface area contributed by atoms with Crippen molar-refractivity contribution in [2.75, 3.05) is 11.1 Å². The first-order chi connectivity index (χ1) is 10.1. The van der Waals surface area contributed by atoms with Crippen molar-refractivity contribution < 1.29 is 9.59 Å². The number of hydrogen-bond acceptors (Lipinski definition) is 5. The van der Waals surface area contributed by atoms with Crippen LogP contribution in [0.2, 0.25) is 0 Å². The number of rotatable bonds is 2. The quantitative estimate of drug-likeness (QED) is 0.573. The van der Waals surface area contributed by atoms with Crippen molar-refractivity contribution in [1.82, 2.24) is 5.32 Å². The number of amides is 2. The van der Waals surface area contributed by atoms with Crippen molar-refractivity contribution in [3.8, 4) is 6.07 Å². The molecule has 2 aromatic rings. The minimum Gasteiger partial charge on any atom is -0.398 e. The summed E-state index contributed by atoms with van der Waals surface area (Å²) >= 11 is 0. The van der Waals surface area contributed by atoms with Crippen LogP contribution in [-0.4, -0.2) is 11.8 Å². The molecule has 0 aromatic heterocycles. The van der Waals surface area contributed by atoms with Crippen LogP contribution in [0.15, 0.2) is 36.4 Å². The van der Waals surface area contributed by atoms with Gasteiger partial charge >= 0.3 is 0 Å². The highest BCUT2D eigenvalue weighted by Crippen LogP contribution is 2.25. The van der Waals surface area contributed by atoms with Crippen molar-refractivity contribution in [2.24, 2.45) is 0 Å². The summed E-state index contributed by atoms with van der Waals surface area (Å²) in [6.45, 7) is 0. The fraction of sp³-hybridized carbons (Fsp3) is 0. The number of carbonyl (C=O) groups excluding carboxylic acids is 2. The first kappa shape index (κ1) is 12.7. The van der Waals surface area contributed by atoms with E-state index in [2.05, 4.69) is 10.6 Å². The second-order valence-electron chi connectivity index (χ2n) is 4.58. The number of imide groups is 1. The van der Waals surface area contributed by atoms with Gasteiger partial charge in [0, 0.05) is 11.4 Å². The Morgan fingerprint density at radius 3 is 2.38 bits per heavy atom. The molecule has 4 N–H and O–H groups in total. The first-order valence-electron chi connectivity index (χ1n) is 6.15. The molecule has 2 aromatic carbocycles. The molecule has 0 unspecified atom stereocenters. The molecule has 21 heavy (non-hydrogen) atoms. The normalized spacial score (nSPS) is 12.5. The number of nitrogens with two attached hydrogens (primary N) is 1. The molecule has 0 radical (unpaired) electrons. The topological polar surface area (TPSA) is 108 Å². The Bertz CT molecular complexity index is 821. The van der Waals surface area contributed by atoms with E-state index in [1.807, 2.05) is 6.07 Å². The molecule has 0 spiro atoms. The lowest BCUT2D eigenvalue weighted by Gasteiger charge is -2.08. The maximum Gasteiger partial charge on any atom is 0.259 e. The Balaban J connectivity index is 1.92. The lowest BCUT2D eigenvalue weighted by atomic mass is 10.1. The zero-order valence-electron chi connectivity index (χ0n) is 10.8. The van der Waals surface area contributed by atoms with Gasteiger partial charge in [-0.05, 0) is 36.4 Å². The van der Waals surface area contributed by atoms with Crippen LogP contribution in [0.1, 0.15) is 26.3 Å². The third-order valence-corrected chi connectivity index (χ3v) is 3.20. The number of anilines is 3. The molecule has 0 bridgehead atoms. The molecule has 0 saturated heterocycles. The number of carbonyl (C=O) groups is 2. The van der Waals surface area contributed by atoms with E-state index in [4.69, 9.17) is 11.0 Å². The molecule has 3 rings (SSSR count). The predicted octanol–water partition coefficient (Wildman–Crippen LogP) is 1.77. The fourth-order valence-corrected chi connectivity index (χ4v) is 2.15. The second-order valence-corrected chi connectivity index (χ2v) is 4.58. The summed E-state index contributed by atoms with van der Waals surface area (Å²) in [5.74, 6) is -0.790. The summed E-state index contributed by atoms with van der Waals surface area (Å²) in [4.78, 5) is 23.1. The third-order valence-electron chi connectivity index (χ3n) is 3.20. The molecule has 102 valence electrons. The Labute approximate surface area is 120 Å². The van der Waals surface area contributed by atoms with Crippen LogP contribution in [0.5, 0.6) is 0 Å². The number of nitriles is 1. The van der Waals surface area contributed by atoms with Gasteiger partial charge in [0.2, 0.25) is 0 Å². The molecule has 1 aliphatic heterocycles. The number of fused-ring (bicyclic) bond motifs is 1. The van der Waals surface area contributed by atoms with E-state index in [1.54, 1.807) is 36.4 Å². The zero-order valence-corrected chi connectivity index (χ0v) is 10.8. The largest absolute Gasteiger partial charge is 0.398 e. The van der Waals surface area contributed by atoms with Gasteiger partial charge in [-0.3, -0.25) is 14.9 Å². The van der Waals surface area contributed by atoms with Gasteiger partial charge in [0.05, 0.1) is 22.4 Å². The molecule has 0 atom stereocenters. The highest BCUT2D eigenvalue weighted by Gasteiger charge is 2.26. The van der Waals surface area contributed by atoms with Crippen LogP contribution in [0, 0.1) is 11.3 Å². The van der Waals surface area contributed by atoms with Crippen LogP contribution in [0.3, 0.4) is 0 Å². The molecule has 1 heterocycles. The molecule has 0 aliphatic carbocycles. The minimum atomic E-state index is -0.405. The van der Waals surface area contributed by atoms with E-state index in [-0.39, 0.29) is 5.91 Å². The Kier molecular flexibility index (Phi) is 2.81. The highest BCUT2D eigenvalue weighted by atomic mass is 16.2. The molecule has 6 nitrogen and oxygen atoms in total. The van der Waals surface area contributed by atoms with E-state index in [0.29, 0.717) is 33.8 Å². The summed E-state index contributed by atoms with van der Waals surface area (Å²) in [5, 5.41) is 14.1. The van der Waals surface area contributed by atoms with Gasteiger partial charge in [0.15, 0.2) is 0 Å². The van der Waals surface area contributed by atoms with Crippen molar-refractivity contribution in [3.63, 3.8) is 0 Å². The smallest absolute Gasteiger partial charge is 0.259 e. The standard InChI is InChI=1S/C15H10N4O2/c16-7-8-1-2-10(6-13(8)17)18-9-3-4-11-12(5-9)15(21)19-14(11)20/h1-6,18H,17H2,(H,19,20,21). The number of hydrogen-bond donors (Lipinski definition) is 3. The summed E-state index contributed by atoms with van der Waals surface area (Å²) in [7, 11) is 0. The Hall–Kier alpha value is -3.33. The van der Waals surface area contributed by atoms with E-state index < -0.39 is 5.91 Å². The van der Waals surface area contributed by atoms with Gasteiger partial charge in [-0.2, -0.15) is 5.26 Å². The van der Waals surface area contributed by atoms with Gasteiger partial charge in [-0.1, -0.05) is 0 Å². The number of nitrogen functional groups attached to an aromatic ring is 1. The summed E-state index contributed by atoms with van der Waals surface area (Å²) in [6.07, 6.45) is 0. The second kappa shape index (κ2) is 4.65. The monoisotopic (exact) mass is 278 g/mol. The first-order valence-corrected chi connectivity index (χ1v) is 6.15. The molecule has 1 aliphatic rings. The Morgan fingerprint density at radius 2 is 1.67 bits per heavy atom. The van der Waals surface area contributed by atoms with Crippen molar-refractivity contribution >= 4 is 28.9 Å². The average Bonchev–Trinajstić information content (AvgIpc) is 2.74. The Morgan fingerprint density at radius 1 is 1.00 bits per heavy atom. The van der Waals surface area contributed by atoms with Crippen LogP contribution >= 0.6 is 0 Å². The molecule has 0 saturated carbocycles. The van der Waals surface area contributed by atoms with Crippen LogP contribution in [0.4, 0.5) is 17.1 Å². The average molecular weight is 278 g/mol. The molecular weight excluding hydrogens is 268 g/mol. The summed E-state index contributed by atoms with van der Waals surface area (Å²) in [6, 6.07) is 11.8. The molecular formula is C15H10N4O2. The predicted molar refractivity (Wildman–Crippen MR) is 77.1 cm³/mol. The summed E-state index contributed by atoms with van der Waals surface area (Å²) < 4.78 is 0. The van der Waals surface area contributed by atoms with E-state index in [9.17, 15) is 9.59 Å². The van der Waals surface area contributed by atoms with Crippen molar-refractivity contribution in [3.05, 3.63) is 53.1 Å². The van der Waals surface area contributed by atoms with Gasteiger partial charge in [-0.15, -0.1) is 0 Å². The van der Waals surface area contributed by atoms with Gasteiger partial charge in [-0.25, -0.2) is 0 Å². The number of nitrogens with zero attached hydrogens (tertiary/aromatic N) is 1. The van der Waals surface area contributed by atoms with Crippen LogP contribution in [0.25, 0.3) is 0 Å². The van der Waals surface area contributed by atoms with Crippen molar-refractivity contribution in [1.29, 1.82) is 5.26 Å². The molecule has 0 fully saturated rings. The lowest BCUT2D eigenvalue weighted by molar-refractivity contribution is 0.0879. The summed E-state index contributed by atoms with van der Waals surface area (Å²) in [5.41, 5.74) is 8.57. The number of benzene rings is 2. The van der Waals surface area contributed by atoms with E-state index >= 15 is 0 Å². The maximum atomic E-state index is 11.6. The third kappa shape index (κ3) is 2.17. The molecule has 2 amide bonds. The molecule has 6 heteroatoms. The van der Waals surface area contributed by atoms with Crippen molar-refractivity contribution in [2.45, 2.75) is 0 Å². The fourth-order valence-electron chi connectivity index (χ4n) is 2.15. The zero-order chi connectivity index (χ0) is 15.0. The SMILES string of the molecule is N#Cc1ccc(Nc2ccc3c(c2)C(=O)NC3=O)cc1N. The minimum absolute atomic E-state index is 0.339. The maximum absolute atomic E-state index is 11.6. The van der Waals surface area contributed by atoms with Crippen LogP contribution < -0.4 is 16.4 Å². The lowest BCUT2D eigenvalue weighted by Crippen LogP contribution is -2.19. The number of nitrogens with one attached hydrogen (secondary N) is 2.